The molecule has 0 aliphatic carbocycles. The lowest BCUT2D eigenvalue weighted by Gasteiger charge is -2.17. The summed E-state index contributed by atoms with van der Waals surface area (Å²) in [6.07, 6.45) is 1.49. The topological polar surface area (TPSA) is 173 Å². The molecule has 0 saturated carbocycles. The van der Waals surface area contributed by atoms with Gasteiger partial charge in [0.25, 0.3) is 11.5 Å². The molecule has 6 N–H and O–H groups in total. The monoisotopic (exact) mass is 576 g/mol. The summed E-state index contributed by atoms with van der Waals surface area (Å²) in [6, 6.07) is 12.0. The van der Waals surface area contributed by atoms with Crippen LogP contribution in [-0.4, -0.2) is 43.6 Å². The maximum absolute atomic E-state index is 13.5. The van der Waals surface area contributed by atoms with Gasteiger partial charge in [-0.3, -0.25) is 19.0 Å². The van der Waals surface area contributed by atoms with Crippen LogP contribution in [0.4, 0.5) is 11.5 Å². The van der Waals surface area contributed by atoms with Crippen molar-refractivity contribution in [1.29, 1.82) is 0 Å². The van der Waals surface area contributed by atoms with Gasteiger partial charge in [0.15, 0.2) is 11.6 Å². The molecule has 0 atom stereocenters. The van der Waals surface area contributed by atoms with Crippen LogP contribution in [0, 0.1) is 4.84 Å². The first-order valence-electron chi connectivity index (χ1n) is 13.0. The number of nitrogens with zero attached hydrogens (tertiary/aromatic N) is 3. The number of benzene rings is 2. The van der Waals surface area contributed by atoms with Crippen LogP contribution in [0.3, 0.4) is 0 Å². The number of carbonyl (C=O) groups excluding carboxylic acids is 2. The first-order chi connectivity index (χ1) is 19.5. The zero-order valence-corrected chi connectivity index (χ0v) is 24.0. The number of carbonyl (C=O) groups is 2. The maximum atomic E-state index is 13.5. The molecule has 0 unspecified atom stereocenters. The molecule has 4 aromatic rings. The minimum Gasteiger partial charge on any atom is -0.399 e. The van der Waals surface area contributed by atoms with E-state index in [0.717, 1.165) is 11.1 Å². The predicted molar refractivity (Wildman–Crippen MR) is 159 cm³/mol. The number of aromatic nitrogens is 4. The van der Waals surface area contributed by atoms with Gasteiger partial charge in [-0.1, -0.05) is 24.3 Å². The number of aromatic amines is 1. The van der Waals surface area contributed by atoms with Crippen molar-refractivity contribution in [3.8, 4) is 22.6 Å². The van der Waals surface area contributed by atoms with E-state index in [-0.39, 0.29) is 47.6 Å². The van der Waals surface area contributed by atoms with Crippen LogP contribution < -0.4 is 27.2 Å². The van der Waals surface area contributed by atoms with Crippen molar-refractivity contribution in [3.63, 3.8) is 0 Å². The molecule has 12 nitrogen and oxygen atoms in total. The summed E-state index contributed by atoms with van der Waals surface area (Å²) >= 11 is 4.89. The van der Waals surface area contributed by atoms with Crippen LogP contribution in [0.1, 0.15) is 43.6 Å². The summed E-state index contributed by atoms with van der Waals surface area (Å²) in [7, 11) is 0. The third-order valence-corrected chi connectivity index (χ3v) is 6.04. The Balaban J connectivity index is 1.59. The fraction of sp³-hybridized carbons (Fsp3) is 0.286. The zero-order chi connectivity index (χ0) is 29.7. The second-order valence-electron chi connectivity index (χ2n) is 10.1. The fourth-order valence-electron chi connectivity index (χ4n) is 4.06. The second-order valence-corrected chi connectivity index (χ2v) is 10.4. The Morgan fingerprint density at radius 3 is 2.44 bits per heavy atom. The van der Waals surface area contributed by atoms with Gasteiger partial charge in [0.1, 0.15) is 6.54 Å². The van der Waals surface area contributed by atoms with Gasteiger partial charge in [0, 0.05) is 41.0 Å². The van der Waals surface area contributed by atoms with Gasteiger partial charge in [-0.15, -0.1) is 0 Å². The highest BCUT2D eigenvalue weighted by atomic mass is 32.1. The lowest BCUT2D eigenvalue weighted by atomic mass is 10.1. The van der Waals surface area contributed by atoms with E-state index in [4.69, 9.17) is 22.5 Å². The molecule has 0 fully saturated rings. The van der Waals surface area contributed by atoms with Crippen molar-refractivity contribution >= 4 is 35.5 Å². The van der Waals surface area contributed by atoms with Gasteiger partial charge >= 0.3 is 4.84 Å². The van der Waals surface area contributed by atoms with Crippen molar-refractivity contribution in [2.45, 2.75) is 52.9 Å². The standard InChI is InChI=1S/C28H32N8O4S/c1-15(2)32-25-27(39)36(22(13-31-25)19-9-20(11-21(29)10-19)26(38)33-16(3)4)14-23(37)30-12-17-5-7-18(8-6-17)24-34-28(41)40-35-24/h5-11,13,15-16H,12,14,29H2,1-4H3,(H,30,37)(H,31,32)(H,33,38)(H,34,35,41). The molecule has 2 heterocycles. The van der Waals surface area contributed by atoms with E-state index in [2.05, 4.69) is 31.1 Å². The Morgan fingerprint density at radius 1 is 1.07 bits per heavy atom. The molecule has 4 rings (SSSR count). The van der Waals surface area contributed by atoms with Gasteiger partial charge in [0.2, 0.25) is 5.91 Å². The fourth-order valence-corrected chi connectivity index (χ4v) is 4.19. The van der Waals surface area contributed by atoms with E-state index >= 15 is 0 Å². The van der Waals surface area contributed by atoms with Gasteiger partial charge < -0.3 is 26.2 Å². The molecule has 0 radical (unpaired) electrons. The maximum Gasteiger partial charge on any atom is 0.314 e. The summed E-state index contributed by atoms with van der Waals surface area (Å²) in [5, 5.41) is 11.4. The Labute approximate surface area is 241 Å². The molecule has 2 aromatic heterocycles. The van der Waals surface area contributed by atoms with Crippen molar-refractivity contribution in [3.05, 3.63) is 75.0 Å². The third kappa shape index (κ3) is 7.45. The van der Waals surface area contributed by atoms with Crippen LogP contribution in [0.5, 0.6) is 0 Å². The normalized spacial score (nSPS) is 11.1. The number of amides is 2. The lowest BCUT2D eigenvalue weighted by Crippen LogP contribution is -2.35. The molecule has 0 bridgehead atoms. The van der Waals surface area contributed by atoms with Gasteiger partial charge in [-0.25, -0.2) is 10.1 Å². The van der Waals surface area contributed by atoms with E-state index in [9.17, 15) is 14.4 Å². The third-order valence-electron chi connectivity index (χ3n) is 5.87. The molecule has 2 amide bonds. The average Bonchev–Trinajstić information content (AvgIpc) is 3.35. The second kappa shape index (κ2) is 12.6. The van der Waals surface area contributed by atoms with Crippen molar-refractivity contribution in [2.24, 2.45) is 0 Å². The molecule has 13 heteroatoms. The number of nitrogens with two attached hydrogens (primary N) is 1. The highest BCUT2D eigenvalue weighted by Gasteiger charge is 2.18. The highest BCUT2D eigenvalue weighted by Crippen LogP contribution is 2.24. The number of nitrogens with one attached hydrogen (secondary N) is 4. The first kappa shape index (κ1) is 29.2. The summed E-state index contributed by atoms with van der Waals surface area (Å²) < 4.78 is 6.28. The van der Waals surface area contributed by atoms with Crippen LogP contribution >= 0.6 is 12.2 Å². The quantitative estimate of drug-likeness (QED) is 0.140. The number of nitrogen functional groups attached to an aromatic ring is 1. The number of rotatable bonds is 10. The van der Waals surface area contributed by atoms with E-state index in [0.29, 0.717) is 28.3 Å². The van der Waals surface area contributed by atoms with Crippen LogP contribution in [0.2, 0.25) is 0 Å². The van der Waals surface area contributed by atoms with Crippen molar-refractivity contribution in [1.82, 2.24) is 30.3 Å². The van der Waals surface area contributed by atoms with Gasteiger partial charge in [-0.2, -0.15) is 4.98 Å². The summed E-state index contributed by atoms with van der Waals surface area (Å²) in [5.74, 6) is -0.0715. The molecular formula is C28H32N8O4S. The number of hydrogen-bond donors (Lipinski definition) is 5. The van der Waals surface area contributed by atoms with Crippen molar-refractivity contribution < 1.29 is 14.1 Å². The van der Waals surface area contributed by atoms with Crippen LogP contribution in [-0.2, 0) is 17.9 Å². The smallest absolute Gasteiger partial charge is 0.314 e. The molecule has 0 aliphatic rings. The molecular weight excluding hydrogens is 544 g/mol. The average molecular weight is 577 g/mol. The molecule has 0 spiro atoms. The minimum atomic E-state index is -0.476. The lowest BCUT2D eigenvalue weighted by molar-refractivity contribution is -0.121. The van der Waals surface area contributed by atoms with Crippen LogP contribution in [0.25, 0.3) is 22.6 Å². The summed E-state index contributed by atoms with van der Waals surface area (Å²) in [6.45, 7) is 7.42. The summed E-state index contributed by atoms with van der Waals surface area (Å²) in [4.78, 5) is 47.7. The molecule has 214 valence electrons. The van der Waals surface area contributed by atoms with Crippen LogP contribution in [0.15, 0.2) is 58.0 Å². The molecule has 0 aliphatic heterocycles. The Bertz CT molecular complexity index is 1670. The predicted octanol–water partition coefficient (Wildman–Crippen LogP) is 3.48. The van der Waals surface area contributed by atoms with Gasteiger partial charge in [0.05, 0.1) is 11.9 Å². The Hall–Kier alpha value is -4.78. The SMILES string of the molecule is CC(C)NC(=O)c1cc(N)cc(-c2cnc(NC(C)C)c(=O)n2CC(=O)NCc2ccc(-c3nc(=S)o[nH]3)cc2)c1. The number of H-pyrrole nitrogens is 1. The molecule has 2 aromatic carbocycles. The van der Waals surface area contributed by atoms with E-state index in [1.54, 1.807) is 18.2 Å². The molecule has 0 saturated heterocycles. The number of hydrogen-bond acceptors (Lipinski definition) is 9. The van der Waals surface area contributed by atoms with Gasteiger partial charge in [-0.05, 0) is 63.7 Å². The van der Waals surface area contributed by atoms with E-state index in [1.807, 2.05) is 52.0 Å². The minimum absolute atomic E-state index is 0.0578. The summed E-state index contributed by atoms with van der Waals surface area (Å²) in [5.41, 5.74) is 8.75. The number of anilines is 2. The molecule has 41 heavy (non-hydrogen) atoms. The Kier molecular flexibility index (Phi) is 8.97. The Morgan fingerprint density at radius 2 is 1.80 bits per heavy atom. The zero-order valence-electron chi connectivity index (χ0n) is 23.1. The van der Waals surface area contributed by atoms with Crippen molar-refractivity contribution in [2.75, 3.05) is 11.1 Å². The first-order valence-corrected chi connectivity index (χ1v) is 13.4. The van der Waals surface area contributed by atoms with E-state index < -0.39 is 5.56 Å². The van der Waals surface area contributed by atoms with E-state index in [1.165, 1.54) is 10.8 Å². The largest absolute Gasteiger partial charge is 0.399 e. The highest BCUT2D eigenvalue weighted by molar-refractivity contribution is 7.71.